The lowest BCUT2D eigenvalue weighted by Gasteiger charge is -2.09. The van der Waals surface area contributed by atoms with Gasteiger partial charge in [0.05, 0.1) is 18.4 Å². The number of pyridine rings is 1. The fourth-order valence-corrected chi connectivity index (χ4v) is 2.12. The van der Waals surface area contributed by atoms with Gasteiger partial charge < -0.3 is 10.1 Å². The SMILES string of the molecule is Cc1cccnc1CNCc1cccc(OCCCC#N)c1. The minimum Gasteiger partial charge on any atom is -0.494 e. The molecule has 2 rings (SSSR count). The summed E-state index contributed by atoms with van der Waals surface area (Å²) < 4.78 is 5.64. The highest BCUT2D eigenvalue weighted by Crippen LogP contribution is 2.14. The molecule has 0 aliphatic rings. The summed E-state index contributed by atoms with van der Waals surface area (Å²) >= 11 is 0. The average molecular weight is 295 g/mol. The van der Waals surface area contributed by atoms with E-state index in [1.165, 1.54) is 11.1 Å². The van der Waals surface area contributed by atoms with E-state index in [0.717, 1.165) is 31.0 Å². The van der Waals surface area contributed by atoms with E-state index in [1.54, 1.807) is 0 Å². The number of hydrogen-bond acceptors (Lipinski definition) is 4. The predicted octanol–water partition coefficient (Wildman–Crippen LogP) is 3.36. The number of rotatable bonds is 8. The van der Waals surface area contributed by atoms with E-state index in [9.17, 15) is 0 Å². The first kappa shape index (κ1) is 16.0. The fraction of sp³-hybridized carbons (Fsp3) is 0.333. The molecule has 0 atom stereocenters. The summed E-state index contributed by atoms with van der Waals surface area (Å²) in [6.45, 7) is 4.17. The first-order valence-corrected chi connectivity index (χ1v) is 7.49. The number of unbranched alkanes of at least 4 members (excludes halogenated alkanes) is 1. The average Bonchev–Trinajstić information content (AvgIpc) is 2.54. The largest absolute Gasteiger partial charge is 0.494 e. The minimum absolute atomic E-state index is 0.532. The van der Waals surface area contributed by atoms with Crippen molar-refractivity contribution >= 4 is 0 Å². The van der Waals surface area contributed by atoms with E-state index in [0.29, 0.717) is 13.0 Å². The molecule has 0 bridgehead atoms. The van der Waals surface area contributed by atoms with Crippen molar-refractivity contribution in [1.29, 1.82) is 5.26 Å². The first-order chi connectivity index (χ1) is 10.8. The molecule has 1 aromatic heterocycles. The van der Waals surface area contributed by atoms with Crippen molar-refractivity contribution in [2.45, 2.75) is 32.9 Å². The molecule has 0 aliphatic heterocycles. The second-order valence-corrected chi connectivity index (χ2v) is 5.13. The van der Waals surface area contributed by atoms with E-state index in [1.807, 2.05) is 30.5 Å². The molecule has 114 valence electrons. The van der Waals surface area contributed by atoms with Crippen molar-refractivity contribution < 1.29 is 4.74 Å². The van der Waals surface area contributed by atoms with Crippen LogP contribution in [-0.2, 0) is 13.1 Å². The summed E-state index contributed by atoms with van der Waals surface area (Å²) in [5, 5.41) is 11.9. The van der Waals surface area contributed by atoms with Gasteiger partial charge in [0.15, 0.2) is 0 Å². The topological polar surface area (TPSA) is 57.9 Å². The van der Waals surface area contributed by atoms with E-state index >= 15 is 0 Å². The minimum atomic E-state index is 0.532. The van der Waals surface area contributed by atoms with Gasteiger partial charge in [0, 0.05) is 25.7 Å². The first-order valence-electron chi connectivity index (χ1n) is 7.49. The van der Waals surface area contributed by atoms with Crippen LogP contribution in [0.1, 0.15) is 29.7 Å². The summed E-state index contributed by atoms with van der Waals surface area (Å²) in [4.78, 5) is 4.37. The van der Waals surface area contributed by atoms with E-state index in [2.05, 4.69) is 35.4 Å². The maximum atomic E-state index is 8.50. The quantitative estimate of drug-likeness (QED) is 0.759. The van der Waals surface area contributed by atoms with Gasteiger partial charge in [-0.25, -0.2) is 0 Å². The lowest BCUT2D eigenvalue weighted by molar-refractivity contribution is 0.312. The fourth-order valence-electron chi connectivity index (χ4n) is 2.12. The molecule has 0 spiro atoms. The highest BCUT2D eigenvalue weighted by atomic mass is 16.5. The highest BCUT2D eigenvalue weighted by molar-refractivity contribution is 5.28. The third-order valence-electron chi connectivity index (χ3n) is 3.34. The monoisotopic (exact) mass is 295 g/mol. The molecule has 0 radical (unpaired) electrons. The van der Waals surface area contributed by atoms with Crippen LogP contribution in [0.2, 0.25) is 0 Å². The number of aryl methyl sites for hydroxylation is 1. The molecule has 0 amide bonds. The Morgan fingerprint density at radius 1 is 1.23 bits per heavy atom. The van der Waals surface area contributed by atoms with E-state index in [-0.39, 0.29) is 0 Å². The summed E-state index contributed by atoms with van der Waals surface area (Å²) in [7, 11) is 0. The molecule has 22 heavy (non-hydrogen) atoms. The molecule has 4 heteroatoms. The Balaban J connectivity index is 1.80. The standard InChI is InChI=1S/C18H21N3O/c1-15-6-5-10-21-18(15)14-20-13-16-7-4-8-17(12-16)22-11-3-2-9-19/h4-8,10,12,20H,2-3,11,13-14H2,1H3. The summed E-state index contributed by atoms with van der Waals surface area (Å²) in [5.41, 5.74) is 3.45. The van der Waals surface area contributed by atoms with Gasteiger partial charge in [-0.15, -0.1) is 0 Å². The lowest BCUT2D eigenvalue weighted by Crippen LogP contribution is -2.14. The van der Waals surface area contributed by atoms with Crippen molar-refractivity contribution in [3.8, 4) is 11.8 Å². The number of nitriles is 1. The molecule has 2 aromatic rings. The van der Waals surface area contributed by atoms with Gasteiger partial charge in [-0.05, 0) is 42.7 Å². The Kier molecular flexibility index (Phi) is 6.40. The van der Waals surface area contributed by atoms with Crippen LogP contribution in [0.4, 0.5) is 0 Å². The number of ether oxygens (including phenoxy) is 1. The van der Waals surface area contributed by atoms with Crippen LogP contribution < -0.4 is 10.1 Å². The smallest absolute Gasteiger partial charge is 0.119 e. The third kappa shape index (κ3) is 5.19. The van der Waals surface area contributed by atoms with Gasteiger partial charge in [-0.3, -0.25) is 4.98 Å². The Morgan fingerprint density at radius 3 is 2.95 bits per heavy atom. The number of nitrogens with zero attached hydrogens (tertiary/aromatic N) is 2. The molecular weight excluding hydrogens is 274 g/mol. The van der Waals surface area contributed by atoms with E-state index < -0.39 is 0 Å². The van der Waals surface area contributed by atoms with Crippen LogP contribution in [0.25, 0.3) is 0 Å². The molecule has 0 fully saturated rings. The van der Waals surface area contributed by atoms with Crippen LogP contribution in [-0.4, -0.2) is 11.6 Å². The van der Waals surface area contributed by atoms with Gasteiger partial charge in [-0.1, -0.05) is 18.2 Å². The summed E-state index contributed by atoms with van der Waals surface area (Å²) in [6.07, 6.45) is 3.11. The van der Waals surface area contributed by atoms with Crippen molar-refractivity contribution in [1.82, 2.24) is 10.3 Å². The van der Waals surface area contributed by atoms with Crippen molar-refractivity contribution in [3.05, 3.63) is 59.4 Å². The van der Waals surface area contributed by atoms with Gasteiger partial charge in [0.1, 0.15) is 5.75 Å². The van der Waals surface area contributed by atoms with Gasteiger partial charge >= 0.3 is 0 Å². The summed E-state index contributed by atoms with van der Waals surface area (Å²) in [6, 6.07) is 14.2. The molecule has 1 N–H and O–H groups in total. The maximum absolute atomic E-state index is 8.50. The molecule has 0 aliphatic carbocycles. The predicted molar refractivity (Wildman–Crippen MR) is 86.3 cm³/mol. The lowest BCUT2D eigenvalue weighted by atomic mass is 10.2. The van der Waals surface area contributed by atoms with Crippen molar-refractivity contribution in [3.63, 3.8) is 0 Å². The van der Waals surface area contributed by atoms with Gasteiger partial charge in [-0.2, -0.15) is 5.26 Å². The second-order valence-electron chi connectivity index (χ2n) is 5.13. The van der Waals surface area contributed by atoms with Crippen LogP contribution in [0, 0.1) is 18.3 Å². The third-order valence-corrected chi connectivity index (χ3v) is 3.34. The number of benzene rings is 1. The molecule has 0 saturated carbocycles. The molecule has 1 aromatic carbocycles. The van der Waals surface area contributed by atoms with Gasteiger partial charge in [0.2, 0.25) is 0 Å². The zero-order valence-corrected chi connectivity index (χ0v) is 12.9. The van der Waals surface area contributed by atoms with Gasteiger partial charge in [0.25, 0.3) is 0 Å². The highest BCUT2D eigenvalue weighted by Gasteiger charge is 2.00. The van der Waals surface area contributed by atoms with Crippen LogP contribution >= 0.6 is 0 Å². The second kappa shape index (κ2) is 8.81. The Bertz CT molecular complexity index is 634. The normalized spacial score (nSPS) is 10.2. The Morgan fingerprint density at radius 2 is 2.14 bits per heavy atom. The number of nitrogens with one attached hydrogen (secondary N) is 1. The molecular formula is C18H21N3O. The van der Waals surface area contributed by atoms with Crippen LogP contribution in [0.15, 0.2) is 42.6 Å². The molecule has 0 saturated heterocycles. The van der Waals surface area contributed by atoms with E-state index in [4.69, 9.17) is 10.00 Å². The Hall–Kier alpha value is -2.38. The molecule has 1 heterocycles. The zero-order chi connectivity index (χ0) is 15.6. The maximum Gasteiger partial charge on any atom is 0.119 e. The molecule has 4 nitrogen and oxygen atoms in total. The van der Waals surface area contributed by atoms with Crippen molar-refractivity contribution in [2.75, 3.05) is 6.61 Å². The number of aromatic nitrogens is 1. The zero-order valence-electron chi connectivity index (χ0n) is 12.9. The summed E-state index contributed by atoms with van der Waals surface area (Å²) in [5.74, 6) is 0.853. The van der Waals surface area contributed by atoms with Crippen LogP contribution in [0.5, 0.6) is 5.75 Å². The van der Waals surface area contributed by atoms with Crippen molar-refractivity contribution in [2.24, 2.45) is 0 Å². The van der Waals surface area contributed by atoms with Crippen LogP contribution in [0.3, 0.4) is 0 Å². The Labute approximate surface area is 131 Å². The molecule has 0 unspecified atom stereocenters. The number of hydrogen-bond donors (Lipinski definition) is 1.